The van der Waals surface area contributed by atoms with Gasteiger partial charge in [0.05, 0.1) is 15.9 Å². The summed E-state index contributed by atoms with van der Waals surface area (Å²) in [6.45, 7) is 8.70. The standard InChI is InChI=1S/C14H22N2O3S/c1-4-15(5-2)8-9-20-14-7-6-12(11(3)17)10-13(14)16(18)19/h6-7,10-11,17H,4-5,8-9H2,1-3H3. The van der Waals surface area contributed by atoms with Gasteiger partial charge < -0.3 is 10.0 Å². The second-order valence-corrected chi connectivity index (χ2v) is 5.67. The lowest BCUT2D eigenvalue weighted by Gasteiger charge is -2.17. The quantitative estimate of drug-likeness (QED) is 0.454. The topological polar surface area (TPSA) is 66.6 Å². The molecule has 0 fully saturated rings. The maximum Gasteiger partial charge on any atom is 0.283 e. The molecule has 0 aliphatic carbocycles. The van der Waals surface area contributed by atoms with E-state index in [4.69, 9.17) is 0 Å². The van der Waals surface area contributed by atoms with Crippen LogP contribution in [0, 0.1) is 10.1 Å². The van der Waals surface area contributed by atoms with Crippen LogP contribution < -0.4 is 0 Å². The third-order valence-corrected chi connectivity index (χ3v) is 4.26. The fraction of sp³-hybridized carbons (Fsp3) is 0.571. The van der Waals surface area contributed by atoms with E-state index < -0.39 is 6.10 Å². The van der Waals surface area contributed by atoms with Crippen molar-refractivity contribution in [2.24, 2.45) is 0 Å². The second kappa shape index (κ2) is 8.24. The number of hydrogen-bond donors (Lipinski definition) is 1. The van der Waals surface area contributed by atoms with Gasteiger partial charge in [-0.05, 0) is 31.6 Å². The maximum absolute atomic E-state index is 11.1. The Morgan fingerprint density at radius 3 is 2.55 bits per heavy atom. The Labute approximate surface area is 124 Å². The monoisotopic (exact) mass is 298 g/mol. The van der Waals surface area contributed by atoms with Gasteiger partial charge in [-0.2, -0.15) is 0 Å². The largest absolute Gasteiger partial charge is 0.389 e. The first-order valence-electron chi connectivity index (χ1n) is 6.81. The maximum atomic E-state index is 11.1. The smallest absolute Gasteiger partial charge is 0.283 e. The molecule has 5 nitrogen and oxygen atoms in total. The SMILES string of the molecule is CCN(CC)CCSc1ccc(C(C)O)cc1[N+](=O)[O-]. The van der Waals surface area contributed by atoms with E-state index >= 15 is 0 Å². The molecule has 20 heavy (non-hydrogen) atoms. The van der Waals surface area contributed by atoms with Crippen LogP contribution in [0.15, 0.2) is 23.1 Å². The van der Waals surface area contributed by atoms with E-state index in [1.54, 1.807) is 19.1 Å². The van der Waals surface area contributed by atoms with E-state index in [9.17, 15) is 15.2 Å². The van der Waals surface area contributed by atoms with E-state index in [2.05, 4.69) is 18.7 Å². The van der Waals surface area contributed by atoms with Crippen molar-refractivity contribution in [2.45, 2.75) is 31.8 Å². The molecule has 1 atom stereocenters. The van der Waals surface area contributed by atoms with Crippen LogP contribution in [0.3, 0.4) is 0 Å². The number of aliphatic hydroxyl groups is 1. The number of nitro groups is 1. The molecule has 0 saturated carbocycles. The summed E-state index contributed by atoms with van der Waals surface area (Å²) in [4.78, 5) is 13.7. The average Bonchev–Trinajstić information content (AvgIpc) is 2.43. The number of hydrogen-bond acceptors (Lipinski definition) is 5. The molecule has 0 radical (unpaired) electrons. The van der Waals surface area contributed by atoms with Crippen LogP contribution in [0.4, 0.5) is 5.69 Å². The Balaban J connectivity index is 2.76. The summed E-state index contributed by atoms with van der Waals surface area (Å²) >= 11 is 1.49. The molecule has 0 aliphatic heterocycles. The predicted molar refractivity (Wildman–Crippen MR) is 82.2 cm³/mol. The van der Waals surface area contributed by atoms with E-state index in [-0.39, 0.29) is 10.6 Å². The number of thioether (sulfide) groups is 1. The minimum Gasteiger partial charge on any atom is -0.389 e. The van der Waals surface area contributed by atoms with Crippen LogP contribution in [0.2, 0.25) is 0 Å². The molecule has 1 N–H and O–H groups in total. The second-order valence-electron chi connectivity index (χ2n) is 4.54. The number of nitro benzene ring substituents is 1. The molecule has 0 heterocycles. The molecule has 0 bridgehead atoms. The summed E-state index contributed by atoms with van der Waals surface area (Å²) < 4.78 is 0. The predicted octanol–water partition coefficient (Wildman–Crippen LogP) is 3.08. The molecule has 0 saturated heterocycles. The minimum atomic E-state index is -0.691. The van der Waals surface area contributed by atoms with Gasteiger partial charge in [-0.25, -0.2) is 0 Å². The molecule has 0 aliphatic rings. The highest BCUT2D eigenvalue weighted by Gasteiger charge is 2.16. The Kier molecular flexibility index (Phi) is 6.98. The Morgan fingerprint density at radius 1 is 1.40 bits per heavy atom. The van der Waals surface area contributed by atoms with Gasteiger partial charge in [0, 0.05) is 18.4 Å². The molecule has 0 aromatic heterocycles. The van der Waals surface area contributed by atoms with Gasteiger partial charge in [0.1, 0.15) is 0 Å². The van der Waals surface area contributed by atoms with E-state index in [0.29, 0.717) is 10.5 Å². The Bertz CT molecular complexity index is 448. The summed E-state index contributed by atoms with van der Waals surface area (Å²) in [5.74, 6) is 0.816. The molecule has 1 aromatic carbocycles. The third-order valence-electron chi connectivity index (χ3n) is 3.22. The summed E-state index contributed by atoms with van der Waals surface area (Å²) in [6, 6.07) is 4.94. The molecule has 0 spiro atoms. The normalized spacial score (nSPS) is 12.7. The van der Waals surface area contributed by atoms with E-state index in [0.717, 1.165) is 25.4 Å². The van der Waals surface area contributed by atoms with Crippen LogP contribution in [-0.4, -0.2) is 40.3 Å². The van der Waals surface area contributed by atoms with Gasteiger partial charge in [-0.3, -0.25) is 10.1 Å². The zero-order valence-electron chi connectivity index (χ0n) is 12.2. The van der Waals surface area contributed by atoms with Crippen molar-refractivity contribution in [3.8, 4) is 0 Å². The number of rotatable bonds is 8. The first-order valence-corrected chi connectivity index (χ1v) is 7.79. The van der Waals surface area contributed by atoms with Gasteiger partial charge in [-0.1, -0.05) is 19.9 Å². The van der Waals surface area contributed by atoms with Crippen LogP contribution in [0.5, 0.6) is 0 Å². The van der Waals surface area contributed by atoms with Gasteiger partial charge in [0.15, 0.2) is 0 Å². The van der Waals surface area contributed by atoms with Crippen LogP contribution in [-0.2, 0) is 0 Å². The van der Waals surface area contributed by atoms with Gasteiger partial charge in [0.2, 0.25) is 0 Å². The van der Waals surface area contributed by atoms with Gasteiger partial charge >= 0.3 is 0 Å². The summed E-state index contributed by atoms with van der Waals surface area (Å²) in [7, 11) is 0. The van der Waals surface area contributed by atoms with Crippen LogP contribution in [0.1, 0.15) is 32.4 Å². The first-order chi connectivity index (χ1) is 9.49. The molecule has 6 heteroatoms. The molecule has 1 aromatic rings. The van der Waals surface area contributed by atoms with Crippen molar-refractivity contribution >= 4 is 17.4 Å². The molecular weight excluding hydrogens is 276 g/mol. The molecule has 1 rings (SSSR count). The number of nitrogens with zero attached hydrogens (tertiary/aromatic N) is 2. The minimum absolute atomic E-state index is 0.0768. The Morgan fingerprint density at radius 2 is 2.05 bits per heavy atom. The molecule has 0 amide bonds. The first kappa shape index (κ1) is 16.9. The average molecular weight is 298 g/mol. The zero-order chi connectivity index (χ0) is 15.1. The van der Waals surface area contributed by atoms with Gasteiger partial charge in [0.25, 0.3) is 5.69 Å². The fourth-order valence-corrected chi connectivity index (χ4v) is 2.90. The summed E-state index contributed by atoms with van der Waals surface area (Å²) in [6.07, 6.45) is -0.691. The fourth-order valence-electron chi connectivity index (χ4n) is 1.88. The van der Waals surface area contributed by atoms with Crippen molar-refractivity contribution in [1.29, 1.82) is 0 Å². The van der Waals surface area contributed by atoms with E-state index in [1.165, 1.54) is 17.8 Å². The molecular formula is C14H22N2O3S. The third kappa shape index (κ3) is 4.77. The highest BCUT2D eigenvalue weighted by Crippen LogP contribution is 2.31. The van der Waals surface area contributed by atoms with Crippen LogP contribution in [0.25, 0.3) is 0 Å². The van der Waals surface area contributed by atoms with Gasteiger partial charge in [-0.15, -0.1) is 11.8 Å². The molecule has 112 valence electrons. The van der Waals surface area contributed by atoms with E-state index in [1.807, 2.05) is 0 Å². The van der Waals surface area contributed by atoms with Crippen molar-refractivity contribution in [3.63, 3.8) is 0 Å². The highest BCUT2D eigenvalue weighted by molar-refractivity contribution is 7.99. The lowest BCUT2D eigenvalue weighted by molar-refractivity contribution is -0.387. The van der Waals surface area contributed by atoms with Crippen molar-refractivity contribution in [3.05, 3.63) is 33.9 Å². The summed E-state index contributed by atoms with van der Waals surface area (Å²) in [5, 5.41) is 20.6. The number of benzene rings is 1. The van der Waals surface area contributed by atoms with Crippen molar-refractivity contribution in [2.75, 3.05) is 25.4 Å². The summed E-state index contributed by atoms with van der Waals surface area (Å²) in [5.41, 5.74) is 0.651. The highest BCUT2D eigenvalue weighted by atomic mass is 32.2. The lowest BCUT2D eigenvalue weighted by atomic mass is 10.1. The van der Waals surface area contributed by atoms with Crippen molar-refractivity contribution < 1.29 is 10.0 Å². The number of aliphatic hydroxyl groups excluding tert-OH is 1. The van der Waals surface area contributed by atoms with Crippen molar-refractivity contribution in [1.82, 2.24) is 4.90 Å². The Hall–Kier alpha value is -1.11. The zero-order valence-corrected chi connectivity index (χ0v) is 13.0. The lowest BCUT2D eigenvalue weighted by Crippen LogP contribution is -2.25. The van der Waals surface area contributed by atoms with Crippen LogP contribution >= 0.6 is 11.8 Å². The molecule has 1 unspecified atom stereocenters.